The molecule has 0 bridgehead atoms. The van der Waals surface area contributed by atoms with E-state index in [1.807, 2.05) is 30.0 Å². The lowest BCUT2D eigenvalue weighted by Gasteiger charge is -2.31. The van der Waals surface area contributed by atoms with Crippen LogP contribution in [0.25, 0.3) is 10.1 Å². The summed E-state index contributed by atoms with van der Waals surface area (Å²) in [5, 5.41) is 3.66. The van der Waals surface area contributed by atoms with E-state index >= 15 is 0 Å². The van der Waals surface area contributed by atoms with Gasteiger partial charge in [0.05, 0.1) is 18.6 Å². The Labute approximate surface area is 174 Å². The summed E-state index contributed by atoms with van der Waals surface area (Å²) in [5.74, 6) is -0.0121. The van der Waals surface area contributed by atoms with Crippen molar-refractivity contribution in [2.24, 2.45) is 5.92 Å². The van der Waals surface area contributed by atoms with Crippen molar-refractivity contribution in [3.05, 3.63) is 28.6 Å². The van der Waals surface area contributed by atoms with Gasteiger partial charge >= 0.3 is 5.97 Å². The molecule has 0 aliphatic carbocycles. The number of likely N-dealkylation sites (tertiary alicyclic amines) is 1. The molecule has 0 unspecified atom stereocenters. The molecular weight excluding hydrogens is 392 g/mol. The van der Waals surface area contributed by atoms with Gasteiger partial charge in [-0.25, -0.2) is 0 Å². The molecule has 8 heteroatoms. The van der Waals surface area contributed by atoms with Gasteiger partial charge in [0, 0.05) is 23.7 Å². The Kier molecular flexibility index (Phi) is 6.74. The summed E-state index contributed by atoms with van der Waals surface area (Å²) >= 11 is 1.49. The highest BCUT2D eigenvalue weighted by molar-refractivity contribution is 7.21. The fraction of sp³-hybridized carbons (Fsp3) is 0.476. The fourth-order valence-electron chi connectivity index (χ4n) is 3.54. The number of rotatable bonds is 6. The summed E-state index contributed by atoms with van der Waals surface area (Å²) in [6.45, 7) is 4.90. The zero-order valence-corrected chi connectivity index (χ0v) is 17.8. The van der Waals surface area contributed by atoms with Crippen LogP contribution < -0.4 is 10.1 Å². The molecule has 1 N–H and O–H groups in total. The Morgan fingerprint density at radius 2 is 1.97 bits per heavy atom. The van der Waals surface area contributed by atoms with Crippen molar-refractivity contribution in [1.82, 2.24) is 10.2 Å². The minimum absolute atomic E-state index is 0.00745. The zero-order valence-electron chi connectivity index (χ0n) is 16.9. The van der Waals surface area contributed by atoms with E-state index < -0.39 is 5.97 Å². The molecule has 0 radical (unpaired) electrons. The molecule has 2 aromatic rings. The van der Waals surface area contributed by atoms with Crippen molar-refractivity contribution in [3.63, 3.8) is 0 Å². The van der Waals surface area contributed by atoms with Crippen molar-refractivity contribution >= 4 is 39.2 Å². The average Bonchev–Trinajstić information content (AvgIpc) is 3.07. The molecule has 2 amide bonds. The predicted molar refractivity (Wildman–Crippen MR) is 111 cm³/mol. The Bertz CT molecular complexity index is 915. The molecule has 2 heterocycles. The van der Waals surface area contributed by atoms with E-state index in [0.717, 1.165) is 26.3 Å². The summed E-state index contributed by atoms with van der Waals surface area (Å²) < 4.78 is 11.2. The Morgan fingerprint density at radius 3 is 2.62 bits per heavy atom. The van der Waals surface area contributed by atoms with Crippen LogP contribution in [0.4, 0.5) is 0 Å². The van der Waals surface area contributed by atoms with E-state index in [4.69, 9.17) is 9.47 Å². The first-order valence-electron chi connectivity index (χ1n) is 9.74. The lowest BCUT2D eigenvalue weighted by molar-refractivity contribution is -0.144. The topological polar surface area (TPSA) is 84.9 Å². The van der Waals surface area contributed by atoms with Crippen LogP contribution in [0.1, 0.15) is 35.0 Å². The minimum atomic E-state index is -0.440. The van der Waals surface area contributed by atoms with Crippen molar-refractivity contribution in [2.45, 2.75) is 26.7 Å². The summed E-state index contributed by atoms with van der Waals surface area (Å²) in [6, 6.07) is 5.83. The molecule has 1 aromatic heterocycles. The highest BCUT2D eigenvalue weighted by Gasteiger charge is 2.29. The maximum absolute atomic E-state index is 13.1. The zero-order chi connectivity index (χ0) is 21.0. The molecule has 0 saturated carbocycles. The number of nitrogens with zero attached hydrogens (tertiary/aromatic N) is 1. The minimum Gasteiger partial charge on any atom is -0.497 e. The van der Waals surface area contributed by atoms with Crippen molar-refractivity contribution in [3.8, 4) is 5.75 Å². The predicted octanol–water partition coefficient (Wildman–Crippen LogP) is 2.75. The van der Waals surface area contributed by atoms with Crippen LogP contribution in [0.5, 0.6) is 5.75 Å². The van der Waals surface area contributed by atoms with E-state index in [1.54, 1.807) is 14.0 Å². The molecule has 7 nitrogen and oxygen atoms in total. The van der Waals surface area contributed by atoms with Gasteiger partial charge in [0.25, 0.3) is 5.91 Å². The second kappa shape index (κ2) is 9.26. The summed E-state index contributed by atoms with van der Waals surface area (Å²) in [6.07, 6.45) is 1.16. The number of esters is 1. The molecular formula is C21H26N2O5S. The highest BCUT2D eigenvalue weighted by atomic mass is 32.1. The molecule has 29 heavy (non-hydrogen) atoms. The van der Waals surface area contributed by atoms with Crippen LogP contribution in [0.15, 0.2) is 18.2 Å². The second-order valence-electron chi connectivity index (χ2n) is 7.01. The van der Waals surface area contributed by atoms with E-state index in [-0.39, 0.29) is 24.3 Å². The number of thiophene rings is 1. The average molecular weight is 419 g/mol. The largest absolute Gasteiger partial charge is 0.497 e. The third-order valence-electron chi connectivity index (χ3n) is 5.20. The van der Waals surface area contributed by atoms with Crippen LogP contribution >= 0.6 is 11.3 Å². The fourth-order valence-corrected chi connectivity index (χ4v) is 4.69. The molecule has 0 atom stereocenters. The number of fused-ring (bicyclic) bond motifs is 1. The molecule has 1 fully saturated rings. The first-order valence-corrected chi connectivity index (χ1v) is 10.6. The van der Waals surface area contributed by atoms with Gasteiger partial charge < -0.3 is 19.7 Å². The number of carbonyl (C=O) groups is 3. The lowest BCUT2D eigenvalue weighted by atomic mass is 9.95. The first kappa shape index (κ1) is 21.1. The number of aryl methyl sites for hydroxylation is 1. The third kappa shape index (κ3) is 4.70. The normalized spacial score (nSPS) is 14.7. The number of benzene rings is 1. The Balaban J connectivity index is 1.60. The number of hydrogen-bond donors (Lipinski definition) is 1. The maximum atomic E-state index is 13.1. The van der Waals surface area contributed by atoms with Gasteiger partial charge in [0.2, 0.25) is 5.91 Å². The molecule has 1 aliphatic heterocycles. The smallest absolute Gasteiger partial charge is 0.325 e. The summed E-state index contributed by atoms with van der Waals surface area (Å²) in [5.41, 5.74) is 0.961. The molecule has 1 aromatic carbocycles. The maximum Gasteiger partial charge on any atom is 0.325 e. The van der Waals surface area contributed by atoms with Crippen LogP contribution in [0.2, 0.25) is 0 Å². The van der Waals surface area contributed by atoms with Crippen LogP contribution in [0.3, 0.4) is 0 Å². The van der Waals surface area contributed by atoms with Crippen LogP contribution in [0, 0.1) is 12.8 Å². The number of ether oxygens (including phenoxy) is 2. The number of methoxy groups -OCH3 is 1. The van der Waals surface area contributed by atoms with Crippen LogP contribution in [-0.2, 0) is 14.3 Å². The summed E-state index contributed by atoms with van der Waals surface area (Å²) in [7, 11) is 1.63. The van der Waals surface area contributed by atoms with Crippen molar-refractivity contribution in [2.75, 3.05) is 33.4 Å². The standard InChI is InChI=1S/C21H26N2O5S/c1-4-28-18(24)12-22-20(25)14-7-9-23(10-8-14)21(26)19-13(2)16-11-15(27-3)5-6-17(16)29-19/h5-6,11,14H,4,7-10,12H2,1-3H3,(H,22,25). The monoisotopic (exact) mass is 418 g/mol. The SMILES string of the molecule is CCOC(=O)CNC(=O)C1CCN(C(=O)c2sc3ccc(OC)cc3c2C)CC1. The van der Waals surface area contributed by atoms with Gasteiger partial charge in [0.1, 0.15) is 12.3 Å². The number of carbonyl (C=O) groups excluding carboxylic acids is 3. The quantitative estimate of drug-likeness (QED) is 0.729. The molecule has 156 valence electrons. The first-order chi connectivity index (χ1) is 13.9. The number of amides is 2. The van der Waals surface area contributed by atoms with Gasteiger partial charge in [-0.1, -0.05) is 0 Å². The van der Waals surface area contributed by atoms with Crippen molar-refractivity contribution in [1.29, 1.82) is 0 Å². The van der Waals surface area contributed by atoms with Gasteiger partial charge in [0.15, 0.2) is 0 Å². The van der Waals surface area contributed by atoms with E-state index in [9.17, 15) is 14.4 Å². The number of piperidine rings is 1. The van der Waals surface area contributed by atoms with E-state index in [2.05, 4.69) is 5.32 Å². The van der Waals surface area contributed by atoms with Gasteiger partial charge in [-0.05, 0) is 55.8 Å². The Hall–Kier alpha value is -2.61. The summed E-state index contributed by atoms with van der Waals surface area (Å²) in [4.78, 5) is 39.2. The van der Waals surface area contributed by atoms with E-state index in [1.165, 1.54) is 11.3 Å². The van der Waals surface area contributed by atoms with Crippen LogP contribution in [-0.4, -0.2) is 56.0 Å². The van der Waals surface area contributed by atoms with E-state index in [0.29, 0.717) is 32.5 Å². The van der Waals surface area contributed by atoms with Crippen molar-refractivity contribution < 1.29 is 23.9 Å². The van der Waals surface area contributed by atoms with Gasteiger partial charge in [-0.3, -0.25) is 14.4 Å². The molecule has 3 rings (SSSR count). The second-order valence-corrected chi connectivity index (χ2v) is 8.06. The van der Waals surface area contributed by atoms with Gasteiger partial charge in [-0.15, -0.1) is 11.3 Å². The molecule has 1 aliphatic rings. The number of hydrogen-bond acceptors (Lipinski definition) is 6. The highest BCUT2D eigenvalue weighted by Crippen LogP contribution is 2.34. The lowest BCUT2D eigenvalue weighted by Crippen LogP contribution is -2.44. The third-order valence-corrected chi connectivity index (χ3v) is 6.46. The molecule has 1 saturated heterocycles. The molecule has 0 spiro atoms. The number of nitrogens with one attached hydrogen (secondary N) is 1. The van der Waals surface area contributed by atoms with Gasteiger partial charge in [-0.2, -0.15) is 0 Å². The Morgan fingerprint density at radius 1 is 1.24 bits per heavy atom.